The average molecular weight is 359 g/mol. The van der Waals surface area contributed by atoms with Crippen molar-refractivity contribution in [2.75, 3.05) is 7.11 Å². The van der Waals surface area contributed by atoms with Crippen LogP contribution in [0.1, 0.15) is 21.6 Å². The molecule has 1 atom stereocenters. The first kappa shape index (κ1) is 16.0. The molecule has 2 aromatic carbocycles. The van der Waals surface area contributed by atoms with Gasteiger partial charge >= 0.3 is 0 Å². The third-order valence-electron chi connectivity index (χ3n) is 4.63. The standard InChI is InChI=1S/C19H16ClFN2O2/c1-25-11-5-6-16-13(9-11)12-7-10(8-17(12)23-16)22-19(24)18-14(20)3-2-4-15(18)21/h2-6,9-10,23H,7-8H2,1H3,(H,22,24). The number of fused-ring (bicyclic) bond motifs is 3. The zero-order chi connectivity index (χ0) is 17.6. The second-order valence-electron chi connectivity index (χ2n) is 6.17. The fraction of sp³-hybridized carbons (Fsp3) is 0.211. The minimum Gasteiger partial charge on any atom is -0.497 e. The number of nitrogens with one attached hydrogen (secondary N) is 2. The highest BCUT2D eigenvalue weighted by molar-refractivity contribution is 6.33. The van der Waals surface area contributed by atoms with Gasteiger partial charge in [0.2, 0.25) is 0 Å². The molecule has 0 bridgehead atoms. The van der Waals surface area contributed by atoms with Crippen LogP contribution in [0.3, 0.4) is 0 Å². The van der Waals surface area contributed by atoms with Gasteiger partial charge in [-0.3, -0.25) is 4.79 Å². The summed E-state index contributed by atoms with van der Waals surface area (Å²) in [6, 6.07) is 10.0. The van der Waals surface area contributed by atoms with Gasteiger partial charge in [0.05, 0.1) is 17.7 Å². The van der Waals surface area contributed by atoms with E-state index in [1.54, 1.807) is 7.11 Å². The van der Waals surface area contributed by atoms with E-state index in [0.29, 0.717) is 12.8 Å². The summed E-state index contributed by atoms with van der Waals surface area (Å²) < 4.78 is 19.2. The van der Waals surface area contributed by atoms with E-state index in [1.807, 2.05) is 18.2 Å². The van der Waals surface area contributed by atoms with Crippen molar-refractivity contribution in [2.24, 2.45) is 0 Å². The third-order valence-corrected chi connectivity index (χ3v) is 4.94. The predicted molar refractivity (Wildman–Crippen MR) is 94.9 cm³/mol. The number of hydrogen-bond acceptors (Lipinski definition) is 2. The van der Waals surface area contributed by atoms with Crippen molar-refractivity contribution in [3.63, 3.8) is 0 Å². The molecule has 1 aliphatic carbocycles. The van der Waals surface area contributed by atoms with E-state index in [-0.39, 0.29) is 16.6 Å². The summed E-state index contributed by atoms with van der Waals surface area (Å²) in [7, 11) is 1.63. The van der Waals surface area contributed by atoms with E-state index in [1.165, 1.54) is 23.8 Å². The van der Waals surface area contributed by atoms with Crippen molar-refractivity contribution in [2.45, 2.75) is 18.9 Å². The fourth-order valence-electron chi connectivity index (χ4n) is 3.46. The van der Waals surface area contributed by atoms with Crippen LogP contribution in [0.15, 0.2) is 36.4 Å². The second-order valence-corrected chi connectivity index (χ2v) is 6.58. The number of hydrogen-bond donors (Lipinski definition) is 2. The van der Waals surface area contributed by atoms with Gasteiger partial charge in [0.15, 0.2) is 0 Å². The van der Waals surface area contributed by atoms with Crippen molar-refractivity contribution in [1.82, 2.24) is 10.3 Å². The number of methoxy groups -OCH3 is 1. The molecule has 25 heavy (non-hydrogen) atoms. The fourth-order valence-corrected chi connectivity index (χ4v) is 3.71. The lowest BCUT2D eigenvalue weighted by Gasteiger charge is -2.14. The molecule has 1 aromatic heterocycles. The zero-order valence-corrected chi connectivity index (χ0v) is 14.3. The van der Waals surface area contributed by atoms with E-state index in [0.717, 1.165) is 22.3 Å². The summed E-state index contributed by atoms with van der Waals surface area (Å²) in [5.74, 6) is -0.309. The van der Waals surface area contributed by atoms with Gasteiger partial charge in [-0.15, -0.1) is 0 Å². The molecule has 6 heteroatoms. The topological polar surface area (TPSA) is 54.1 Å². The number of benzene rings is 2. The Labute approximate surface area is 148 Å². The first-order chi connectivity index (χ1) is 12.1. The number of aromatic amines is 1. The van der Waals surface area contributed by atoms with Gasteiger partial charge in [-0.25, -0.2) is 4.39 Å². The summed E-state index contributed by atoms with van der Waals surface area (Å²) in [5.41, 5.74) is 3.20. The van der Waals surface area contributed by atoms with E-state index in [9.17, 15) is 9.18 Å². The summed E-state index contributed by atoms with van der Waals surface area (Å²) >= 11 is 5.97. The number of halogens is 2. The van der Waals surface area contributed by atoms with Crippen LogP contribution in [-0.2, 0) is 12.8 Å². The van der Waals surface area contributed by atoms with Crippen LogP contribution < -0.4 is 10.1 Å². The third kappa shape index (κ3) is 2.74. The van der Waals surface area contributed by atoms with Crippen molar-refractivity contribution >= 4 is 28.4 Å². The number of amides is 1. The second kappa shape index (κ2) is 6.08. The number of ether oxygens (including phenoxy) is 1. The molecule has 3 aromatic rings. The van der Waals surface area contributed by atoms with E-state index in [2.05, 4.69) is 10.3 Å². The normalized spacial score (nSPS) is 16.0. The molecule has 128 valence electrons. The molecule has 4 nitrogen and oxygen atoms in total. The zero-order valence-electron chi connectivity index (χ0n) is 13.5. The molecule has 1 heterocycles. The summed E-state index contributed by atoms with van der Waals surface area (Å²) in [6.07, 6.45) is 1.35. The molecule has 4 rings (SSSR count). The van der Waals surface area contributed by atoms with Gasteiger partial charge in [0, 0.05) is 29.1 Å². The lowest BCUT2D eigenvalue weighted by atomic mass is 10.1. The van der Waals surface area contributed by atoms with Gasteiger partial charge in [0.1, 0.15) is 11.6 Å². The van der Waals surface area contributed by atoms with E-state index in [4.69, 9.17) is 16.3 Å². The predicted octanol–water partition coefficient (Wildman–Crippen LogP) is 3.87. The van der Waals surface area contributed by atoms with Gasteiger partial charge in [0.25, 0.3) is 5.91 Å². The Kier molecular flexibility index (Phi) is 3.88. The minimum absolute atomic E-state index is 0.0972. The molecule has 1 amide bonds. The van der Waals surface area contributed by atoms with Crippen LogP contribution in [0.5, 0.6) is 5.75 Å². The Morgan fingerprint density at radius 1 is 1.32 bits per heavy atom. The van der Waals surface area contributed by atoms with Crippen LogP contribution in [0.4, 0.5) is 4.39 Å². The maximum absolute atomic E-state index is 13.9. The number of carbonyl (C=O) groups excluding carboxylic acids is 1. The van der Waals surface area contributed by atoms with Crippen LogP contribution in [0.2, 0.25) is 5.02 Å². The minimum atomic E-state index is -0.614. The van der Waals surface area contributed by atoms with Gasteiger partial charge < -0.3 is 15.0 Å². The Morgan fingerprint density at radius 3 is 2.92 bits per heavy atom. The van der Waals surface area contributed by atoms with Crippen molar-refractivity contribution < 1.29 is 13.9 Å². The lowest BCUT2D eigenvalue weighted by Crippen LogP contribution is -2.36. The SMILES string of the molecule is COc1ccc2[nH]c3c(c2c1)CC(NC(=O)c1c(F)cccc1Cl)C3. The average Bonchev–Trinajstić information content (AvgIpc) is 3.11. The number of H-pyrrole nitrogens is 1. The highest BCUT2D eigenvalue weighted by Crippen LogP contribution is 2.32. The maximum atomic E-state index is 13.9. The van der Waals surface area contributed by atoms with Crippen LogP contribution in [-0.4, -0.2) is 24.0 Å². The molecule has 0 spiro atoms. The van der Waals surface area contributed by atoms with Crippen LogP contribution >= 0.6 is 11.6 Å². The molecule has 0 aliphatic heterocycles. The van der Waals surface area contributed by atoms with Gasteiger partial charge in [-0.05, 0) is 42.3 Å². The summed E-state index contributed by atoms with van der Waals surface area (Å²) in [6.45, 7) is 0. The van der Waals surface area contributed by atoms with Gasteiger partial charge in [-0.1, -0.05) is 17.7 Å². The van der Waals surface area contributed by atoms with Crippen molar-refractivity contribution in [3.05, 3.63) is 64.1 Å². The highest BCUT2D eigenvalue weighted by atomic mass is 35.5. The molecule has 0 saturated carbocycles. The maximum Gasteiger partial charge on any atom is 0.256 e. The number of rotatable bonds is 3. The molecule has 2 N–H and O–H groups in total. The highest BCUT2D eigenvalue weighted by Gasteiger charge is 2.28. The van der Waals surface area contributed by atoms with Gasteiger partial charge in [-0.2, -0.15) is 0 Å². The first-order valence-corrected chi connectivity index (χ1v) is 8.37. The lowest BCUT2D eigenvalue weighted by molar-refractivity contribution is 0.0934. The molecule has 1 aliphatic rings. The Bertz CT molecular complexity index is 963. The molecule has 0 fully saturated rings. The molecule has 0 saturated heterocycles. The summed E-state index contributed by atoms with van der Waals surface area (Å²) in [5, 5.41) is 4.10. The van der Waals surface area contributed by atoms with E-state index >= 15 is 0 Å². The smallest absolute Gasteiger partial charge is 0.256 e. The number of carbonyl (C=O) groups is 1. The monoisotopic (exact) mass is 358 g/mol. The Hall–Kier alpha value is -2.53. The van der Waals surface area contributed by atoms with Crippen LogP contribution in [0.25, 0.3) is 10.9 Å². The molecular weight excluding hydrogens is 343 g/mol. The summed E-state index contributed by atoms with van der Waals surface area (Å²) in [4.78, 5) is 15.8. The van der Waals surface area contributed by atoms with Crippen LogP contribution in [0, 0.1) is 5.82 Å². The quantitative estimate of drug-likeness (QED) is 0.746. The van der Waals surface area contributed by atoms with Crippen molar-refractivity contribution in [1.29, 1.82) is 0 Å². The largest absolute Gasteiger partial charge is 0.497 e. The Morgan fingerprint density at radius 2 is 2.16 bits per heavy atom. The molecular formula is C19H16ClFN2O2. The number of aromatic nitrogens is 1. The Balaban J connectivity index is 1.57. The first-order valence-electron chi connectivity index (χ1n) is 7.99. The molecule has 0 radical (unpaired) electrons. The van der Waals surface area contributed by atoms with Crippen molar-refractivity contribution in [3.8, 4) is 5.75 Å². The molecule has 1 unspecified atom stereocenters. The van der Waals surface area contributed by atoms with E-state index < -0.39 is 11.7 Å².